The van der Waals surface area contributed by atoms with Gasteiger partial charge in [-0.05, 0) is 61.8 Å². The Bertz CT molecular complexity index is 848. The molecule has 0 bridgehead atoms. The summed E-state index contributed by atoms with van der Waals surface area (Å²) in [7, 11) is 1.67. The van der Waals surface area contributed by atoms with Crippen molar-refractivity contribution in [2.45, 2.75) is 50.4 Å². The van der Waals surface area contributed by atoms with Crippen molar-refractivity contribution in [3.8, 4) is 5.75 Å². The van der Waals surface area contributed by atoms with Gasteiger partial charge in [-0.1, -0.05) is 12.1 Å². The molecule has 0 saturated carbocycles. The SMILES string of the molecule is COc1ccc(CCCC(=O)N2CCCC3(CCc4cnc(N)nc43)C2)cc1. The predicted octanol–water partition coefficient (Wildman–Crippen LogP) is 2.90. The monoisotopic (exact) mass is 380 g/mol. The van der Waals surface area contributed by atoms with Crippen LogP contribution in [-0.4, -0.2) is 41.0 Å². The number of nitrogens with two attached hydrogens (primary N) is 1. The molecule has 1 aliphatic heterocycles. The van der Waals surface area contributed by atoms with Gasteiger partial charge in [0, 0.05) is 31.1 Å². The van der Waals surface area contributed by atoms with E-state index in [0.29, 0.717) is 12.4 Å². The zero-order chi connectivity index (χ0) is 19.6. The van der Waals surface area contributed by atoms with Crippen molar-refractivity contribution in [2.75, 3.05) is 25.9 Å². The smallest absolute Gasteiger partial charge is 0.222 e. The maximum Gasteiger partial charge on any atom is 0.222 e. The third-order valence-electron chi connectivity index (χ3n) is 6.20. The Morgan fingerprint density at radius 2 is 2.11 bits per heavy atom. The lowest BCUT2D eigenvalue weighted by Gasteiger charge is -2.40. The predicted molar refractivity (Wildman–Crippen MR) is 108 cm³/mol. The first-order chi connectivity index (χ1) is 13.6. The van der Waals surface area contributed by atoms with Gasteiger partial charge >= 0.3 is 0 Å². The lowest BCUT2D eigenvalue weighted by molar-refractivity contribution is -0.133. The van der Waals surface area contributed by atoms with Gasteiger partial charge in [-0.2, -0.15) is 0 Å². The Labute approximate surface area is 166 Å². The van der Waals surface area contributed by atoms with Gasteiger partial charge in [0.05, 0.1) is 12.8 Å². The molecule has 1 fully saturated rings. The highest BCUT2D eigenvalue weighted by atomic mass is 16.5. The number of hydrogen-bond acceptors (Lipinski definition) is 5. The summed E-state index contributed by atoms with van der Waals surface area (Å²) in [4.78, 5) is 23.6. The van der Waals surface area contributed by atoms with Crippen LogP contribution in [-0.2, 0) is 23.1 Å². The van der Waals surface area contributed by atoms with Gasteiger partial charge in [-0.25, -0.2) is 9.97 Å². The highest BCUT2D eigenvalue weighted by molar-refractivity contribution is 5.76. The minimum atomic E-state index is -0.0315. The molecule has 28 heavy (non-hydrogen) atoms. The van der Waals surface area contributed by atoms with Crippen LogP contribution in [0.5, 0.6) is 5.75 Å². The van der Waals surface area contributed by atoms with Gasteiger partial charge in [0.15, 0.2) is 0 Å². The van der Waals surface area contributed by atoms with Gasteiger partial charge in [-0.3, -0.25) is 4.79 Å². The first-order valence-electron chi connectivity index (χ1n) is 10.1. The molecular weight excluding hydrogens is 352 g/mol. The van der Waals surface area contributed by atoms with E-state index in [2.05, 4.69) is 22.1 Å². The van der Waals surface area contributed by atoms with Crippen molar-refractivity contribution in [3.63, 3.8) is 0 Å². The van der Waals surface area contributed by atoms with Gasteiger partial charge in [0.1, 0.15) is 5.75 Å². The van der Waals surface area contributed by atoms with Crippen molar-refractivity contribution in [1.82, 2.24) is 14.9 Å². The van der Waals surface area contributed by atoms with Crippen LogP contribution in [0.15, 0.2) is 30.5 Å². The molecule has 0 radical (unpaired) electrons. The van der Waals surface area contributed by atoms with Crippen molar-refractivity contribution >= 4 is 11.9 Å². The summed E-state index contributed by atoms with van der Waals surface area (Å²) in [5.41, 5.74) is 9.33. The second-order valence-corrected chi connectivity index (χ2v) is 8.00. The van der Waals surface area contributed by atoms with E-state index in [0.717, 1.165) is 63.1 Å². The fourth-order valence-corrected chi connectivity index (χ4v) is 4.69. The summed E-state index contributed by atoms with van der Waals surface area (Å²) in [6.45, 7) is 1.61. The Morgan fingerprint density at radius 3 is 2.89 bits per heavy atom. The van der Waals surface area contributed by atoms with Crippen molar-refractivity contribution in [1.29, 1.82) is 0 Å². The van der Waals surface area contributed by atoms with Crippen LogP contribution in [0.2, 0.25) is 0 Å². The van der Waals surface area contributed by atoms with Gasteiger partial charge in [0.25, 0.3) is 0 Å². The Hall–Kier alpha value is -2.63. The number of carbonyl (C=O) groups is 1. The van der Waals surface area contributed by atoms with Crippen molar-refractivity contribution < 1.29 is 9.53 Å². The maximum absolute atomic E-state index is 12.9. The van der Waals surface area contributed by atoms with Crippen LogP contribution < -0.4 is 10.5 Å². The van der Waals surface area contributed by atoms with Gasteiger partial charge in [0.2, 0.25) is 11.9 Å². The lowest BCUT2D eigenvalue weighted by Crippen LogP contribution is -2.48. The van der Waals surface area contributed by atoms with E-state index in [-0.39, 0.29) is 11.3 Å². The number of hydrogen-bond donors (Lipinski definition) is 1. The number of fused-ring (bicyclic) bond motifs is 2. The molecule has 1 aliphatic carbocycles. The zero-order valence-electron chi connectivity index (χ0n) is 16.5. The number of amides is 1. The molecule has 1 unspecified atom stereocenters. The summed E-state index contributed by atoms with van der Waals surface area (Å²) in [5.74, 6) is 1.45. The molecule has 6 nitrogen and oxygen atoms in total. The lowest BCUT2D eigenvalue weighted by atomic mass is 9.77. The molecule has 2 N–H and O–H groups in total. The number of piperidine rings is 1. The molecule has 1 amide bonds. The second-order valence-electron chi connectivity index (χ2n) is 8.00. The minimum Gasteiger partial charge on any atom is -0.497 e. The van der Waals surface area contributed by atoms with E-state index < -0.39 is 0 Å². The number of aryl methyl sites for hydroxylation is 2. The number of nitrogens with zero attached hydrogens (tertiary/aromatic N) is 3. The number of methoxy groups -OCH3 is 1. The largest absolute Gasteiger partial charge is 0.497 e. The Morgan fingerprint density at radius 1 is 1.29 bits per heavy atom. The van der Waals surface area contributed by atoms with Gasteiger partial charge in [-0.15, -0.1) is 0 Å². The number of likely N-dealkylation sites (tertiary alicyclic amines) is 1. The molecule has 1 aromatic carbocycles. The van der Waals surface area contributed by atoms with Crippen LogP contribution in [0.1, 0.15) is 48.9 Å². The zero-order valence-corrected chi connectivity index (χ0v) is 16.5. The van der Waals surface area contributed by atoms with E-state index in [1.165, 1.54) is 11.1 Å². The van der Waals surface area contributed by atoms with Crippen LogP contribution in [0.3, 0.4) is 0 Å². The second kappa shape index (κ2) is 7.78. The van der Waals surface area contributed by atoms with Crippen LogP contribution >= 0.6 is 0 Å². The van der Waals surface area contributed by atoms with Gasteiger partial charge < -0.3 is 15.4 Å². The molecule has 2 aliphatic rings. The highest BCUT2D eigenvalue weighted by Crippen LogP contribution is 2.44. The molecule has 1 atom stereocenters. The highest BCUT2D eigenvalue weighted by Gasteiger charge is 2.44. The summed E-state index contributed by atoms with van der Waals surface area (Å²) in [5, 5.41) is 0. The molecule has 6 heteroatoms. The molecular formula is C22H28N4O2. The first-order valence-corrected chi connectivity index (χ1v) is 10.1. The topological polar surface area (TPSA) is 81.3 Å². The Balaban J connectivity index is 1.36. The molecule has 2 aromatic rings. The molecule has 1 aromatic heterocycles. The van der Waals surface area contributed by atoms with E-state index in [9.17, 15) is 4.79 Å². The first kappa shape index (κ1) is 18.7. The van der Waals surface area contributed by atoms with E-state index in [4.69, 9.17) is 10.5 Å². The normalized spacial score (nSPS) is 21.0. The minimum absolute atomic E-state index is 0.0315. The van der Waals surface area contributed by atoms with Crippen molar-refractivity contribution in [3.05, 3.63) is 47.3 Å². The fourth-order valence-electron chi connectivity index (χ4n) is 4.69. The summed E-state index contributed by atoms with van der Waals surface area (Å²) in [6.07, 6.45) is 8.33. The van der Waals surface area contributed by atoms with Crippen molar-refractivity contribution in [2.24, 2.45) is 0 Å². The number of carbonyl (C=O) groups excluding carboxylic acids is 1. The van der Waals surface area contributed by atoms with Crippen LogP contribution in [0.4, 0.5) is 5.95 Å². The van der Waals surface area contributed by atoms with Crippen LogP contribution in [0, 0.1) is 0 Å². The summed E-state index contributed by atoms with van der Waals surface area (Å²) < 4.78 is 5.19. The number of benzene rings is 1. The third kappa shape index (κ3) is 3.68. The standard InChI is InChI=1S/C22H28N4O2/c1-28-18-8-6-16(7-9-18)4-2-5-19(27)26-13-3-11-22(15-26)12-10-17-14-24-21(23)25-20(17)22/h6-9,14H,2-5,10-13,15H2,1H3,(H2,23,24,25). The fraction of sp³-hybridized carbons (Fsp3) is 0.500. The molecule has 2 heterocycles. The average Bonchev–Trinajstić information content (AvgIpc) is 3.05. The third-order valence-corrected chi connectivity index (χ3v) is 6.20. The quantitative estimate of drug-likeness (QED) is 0.863. The number of nitrogen functional groups attached to an aromatic ring is 1. The number of aromatic nitrogens is 2. The van der Waals surface area contributed by atoms with E-state index in [1.807, 2.05) is 23.2 Å². The van der Waals surface area contributed by atoms with Crippen LogP contribution in [0.25, 0.3) is 0 Å². The number of rotatable bonds is 5. The van der Waals surface area contributed by atoms with E-state index >= 15 is 0 Å². The number of ether oxygens (including phenoxy) is 1. The van der Waals surface area contributed by atoms with E-state index in [1.54, 1.807) is 7.11 Å². The summed E-state index contributed by atoms with van der Waals surface area (Å²) in [6, 6.07) is 8.07. The average molecular weight is 380 g/mol. The molecule has 148 valence electrons. The molecule has 1 spiro atoms. The molecule has 4 rings (SSSR count). The maximum atomic E-state index is 12.9. The summed E-state index contributed by atoms with van der Waals surface area (Å²) >= 11 is 0. The Kier molecular flexibility index (Phi) is 5.20. The number of anilines is 1. The molecule has 1 saturated heterocycles.